The topological polar surface area (TPSA) is 47.3 Å². The van der Waals surface area contributed by atoms with E-state index in [0.717, 1.165) is 24.2 Å². The van der Waals surface area contributed by atoms with Crippen molar-refractivity contribution in [1.29, 1.82) is 0 Å². The highest BCUT2D eigenvalue weighted by molar-refractivity contribution is 7.11. The maximum absolute atomic E-state index is 5.71. The summed E-state index contributed by atoms with van der Waals surface area (Å²) in [6.45, 7) is 2.18. The van der Waals surface area contributed by atoms with Crippen molar-refractivity contribution >= 4 is 11.3 Å². The number of hydrogen-bond donors (Lipinski definition) is 2. The molecule has 0 spiro atoms. The van der Waals surface area contributed by atoms with Gasteiger partial charge in [-0.05, 0) is 24.6 Å². The quantitative estimate of drug-likeness (QED) is 0.629. The summed E-state index contributed by atoms with van der Waals surface area (Å²) in [5.41, 5.74) is 3.99. The van der Waals surface area contributed by atoms with E-state index in [1.807, 2.05) is 29.5 Å². The maximum atomic E-state index is 5.71. The van der Waals surface area contributed by atoms with Crippen LogP contribution in [-0.4, -0.2) is 7.11 Å². The lowest BCUT2D eigenvalue weighted by molar-refractivity contribution is 0.399. The van der Waals surface area contributed by atoms with Crippen LogP contribution in [0.3, 0.4) is 0 Å². The number of nitrogens with two attached hydrogens (primary N) is 1. The molecule has 0 aliphatic rings. The first-order chi connectivity index (χ1) is 9.28. The molecule has 2 rings (SSSR count). The molecule has 0 aliphatic carbocycles. The summed E-state index contributed by atoms with van der Waals surface area (Å²) in [4.78, 5) is 2.75. The summed E-state index contributed by atoms with van der Waals surface area (Å²) in [6, 6.07) is 12.4. The van der Waals surface area contributed by atoms with Gasteiger partial charge >= 0.3 is 0 Å². The number of methoxy groups -OCH3 is 1. The second-order valence-corrected chi connectivity index (χ2v) is 5.64. The average molecular weight is 276 g/mol. The molecule has 1 aromatic heterocycles. The predicted octanol–water partition coefficient (Wildman–Crippen LogP) is 3.07. The standard InChI is InChI=1S/C15H20N2OS/c1-3-11-8-9-12(19-11)10-14(17-16)13-6-4-5-7-15(13)18-2/h4-9,14,17H,3,10,16H2,1-2H3. The van der Waals surface area contributed by atoms with Crippen LogP contribution in [0.1, 0.15) is 28.3 Å². The minimum atomic E-state index is 0.0690. The van der Waals surface area contributed by atoms with Crippen LogP contribution < -0.4 is 16.0 Å². The minimum absolute atomic E-state index is 0.0690. The van der Waals surface area contributed by atoms with E-state index in [1.165, 1.54) is 9.75 Å². The number of hydrogen-bond acceptors (Lipinski definition) is 4. The van der Waals surface area contributed by atoms with E-state index in [-0.39, 0.29) is 6.04 Å². The molecule has 1 aromatic carbocycles. The summed E-state index contributed by atoms with van der Waals surface area (Å²) < 4.78 is 5.40. The molecule has 4 heteroatoms. The Bertz CT molecular complexity index is 524. The molecule has 0 bridgehead atoms. The van der Waals surface area contributed by atoms with Gasteiger partial charge in [0.1, 0.15) is 5.75 Å². The number of benzene rings is 1. The van der Waals surface area contributed by atoms with Crippen LogP contribution >= 0.6 is 11.3 Å². The Labute approximate surface area is 118 Å². The molecule has 1 unspecified atom stereocenters. The minimum Gasteiger partial charge on any atom is -0.496 e. The van der Waals surface area contributed by atoms with Crippen LogP contribution in [0.15, 0.2) is 36.4 Å². The predicted molar refractivity (Wildman–Crippen MR) is 80.5 cm³/mol. The highest BCUT2D eigenvalue weighted by atomic mass is 32.1. The normalized spacial score (nSPS) is 12.4. The van der Waals surface area contributed by atoms with Gasteiger partial charge in [-0.25, -0.2) is 0 Å². The Hall–Kier alpha value is -1.36. The second kappa shape index (κ2) is 6.70. The fourth-order valence-electron chi connectivity index (χ4n) is 2.14. The summed E-state index contributed by atoms with van der Waals surface area (Å²) in [7, 11) is 1.69. The molecule has 0 saturated heterocycles. The van der Waals surface area contributed by atoms with Gasteiger partial charge in [-0.3, -0.25) is 11.3 Å². The van der Waals surface area contributed by atoms with Gasteiger partial charge in [-0.1, -0.05) is 25.1 Å². The number of para-hydroxylation sites is 1. The molecule has 0 radical (unpaired) electrons. The van der Waals surface area contributed by atoms with E-state index in [0.29, 0.717) is 0 Å². The SMILES string of the molecule is CCc1ccc(CC(NN)c2ccccc2OC)s1. The average Bonchev–Trinajstić information content (AvgIpc) is 2.92. The number of aryl methyl sites for hydroxylation is 1. The Morgan fingerprint density at radius 2 is 1.95 bits per heavy atom. The van der Waals surface area contributed by atoms with Crippen molar-refractivity contribution in [2.75, 3.05) is 7.11 Å². The van der Waals surface area contributed by atoms with Crippen LogP contribution in [0.5, 0.6) is 5.75 Å². The van der Waals surface area contributed by atoms with Crippen molar-refractivity contribution in [2.24, 2.45) is 5.84 Å². The first-order valence-electron chi connectivity index (χ1n) is 6.45. The van der Waals surface area contributed by atoms with E-state index in [4.69, 9.17) is 10.6 Å². The number of hydrazine groups is 1. The summed E-state index contributed by atoms with van der Waals surface area (Å²) >= 11 is 1.85. The molecular weight excluding hydrogens is 256 g/mol. The van der Waals surface area contributed by atoms with Gasteiger partial charge in [0, 0.05) is 21.7 Å². The van der Waals surface area contributed by atoms with Gasteiger partial charge in [0.2, 0.25) is 0 Å². The highest BCUT2D eigenvalue weighted by Gasteiger charge is 2.15. The Balaban J connectivity index is 2.19. The van der Waals surface area contributed by atoms with E-state index in [1.54, 1.807) is 7.11 Å². The molecule has 0 amide bonds. The third kappa shape index (κ3) is 3.35. The van der Waals surface area contributed by atoms with Crippen molar-refractivity contribution in [3.8, 4) is 5.75 Å². The van der Waals surface area contributed by atoms with Crippen molar-refractivity contribution in [3.05, 3.63) is 51.7 Å². The molecule has 2 aromatic rings. The smallest absolute Gasteiger partial charge is 0.123 e. The number of rotatable bonds is 6. The first kappa shape index (κ1) is 14.1. The highest BCUT2D eigenvalue weighted by Crippen LogP contribution is 2.29. The first-order valence-corrected chi connectivity index (χ1v) is 7.26. The van der Waals surface area contributed by atoms with Gasteiger partial charge in [0.25, 0.3) is 0 Å². The molecule has 19 heavy (non-hydrogen) atoms. The molecule has 0 fully saturated rings. The molecule has 1 heterocycles. The fourth-order valence-corrected chi connectivity index (χ4v) is 3.14. The van der Waals surface area contributed by atoms with E-state index in [2.05, 4.69) is 30.5 Å². The second-order valence-electron chi connectivity index (χ2n) is 4.39. The zero-order valence-electron chi connectivity index (χ0n) is 11.3. The fraction of sp³-hybridized carbons (Fsp3) is 0.333. The van der Waals surface area contributed by atoms with Gasteiger partial charge in [0.15, 0.2) is 0 Å². The molecule has 0 saturated carbocycles. The lowest BCUT2D eigenvalue weighted by Gasteiger charge is -2.18. The van der Waals surface area contributed by atoms with E-state index >= 15 is 0 Å². The van der Waals surface area contributed by atoms with Crippen LogP contribution in [0.4, 0.5) is 0 Å². The molecule has 3 nitrogen and oxygen atoms in total. The molecule has 0 aliphatic heterocycles. The summed E-state index contributed by atoms with van der Waals surface area (Å²) in [5, 5.41) is 0. The Kier molecular flexibility index (Phi) is 4.96. The number of thiophene rings is 1. The van der Waals surface area contributed by atoms with Gasteiger partial charge in [0.05, 0.1) is 13.2 Å². The van der Waals surface area contributed by atoms with Gasteiger partial charge in [-0.15, -0.1) is 11.3 Å². The van der Waals surface area contributed by atoms with Gasteiger partial charge in [-0.2, -0.15) is 0 Å². The van der Waals surface area contributed by atoms with Crippen LogP contribution in [0.2, 0.25) is 0 Å². The summed E-state index contributed by atoms with van der Waals surface area (Å²) in [5.74, 6) is 6.59. The zero-order chi connectivity index (χ0) is 13.7. The van der Waals surface area contributed by atoms with E-state index < -0.39 is 0 Å². The third-order valence-electron chi connectivity index (χ3n) is 3.19. The summed E-state index contributed by atoms with van der Waals surface area (Å²) in [6.07, 6.45) is 1.96. The van der Waals surface area contributed by atoms with Crippen molar-refractivity contribution in [1.82, 2.24) is 5.43 Å². The molecule has 1 atom stereocenters. The lowest BCUT2D eigenvalue weighted by atomic mass is 10.0. The molecule has 102 valence electrons. The number of nitrogens with one attached hydrogen (secondary N) is 1. The third-order valence-corrected chi connectivity index (χ3v) is 4.44. The molecular formula is C15H20N2OS. The largest absolute Gasteiger partial charge is 0.496 e. The maximum Gasteiger partial charge on any atom is 0.123 e. The van der Waals surface area contributed by atoms with Crippen LogP contribution in [0, 0.1) is 0 Å². The van der Waals surface area contributed by atoms with Crippen molar-refractivity contribution in [3.63, 3.8) is 0 Å². The Morgan fingerprint density at radius 3 is 2.58 bits per heavy atom. The Morgan fingerprint density at radius 1 is 1.21 bits per heavy atom. The van der Waals surface area contributed by atoms with Crippen molar-refractivity contribution < 1.29 is 4.74 Å². The van der Waals surface area contributed by atoms with Crippen molar-refractivity contribution in [2.45, 2.75) is 25.8 Å². The molecule has 3 N–H and O–H groups in total. The van der Waals surface area contributed by atoms with Crippen LogP contribution in [0.25, 0.3) is 0 Å². The monoisotopic (exact) mass is 276 g/mol. The lowest BCUT2D eigenvalue weighted by Crippen LogP contribution is -2.29. The number of ether oxygens (including phenoxy) is 1. The van der Waals surface area contributed by atoms with E-state index in [9.17, 15) is 0 Å². The van der Waals surface area contributed by atoms with Gasteiger partial charge < -0.3 is 4.74 Å². The van der Waals surface area contributed by atoms with Crippen LogP contribution in [-0.2, 0) is 12.8 Å². The zero-order valence-corrected chi connectivity index (χ0v) is 12.2.